The van der Waals surface area contributed by atoms with Gasteiger partial charge in [0.15, 0.2) is 5.76 Å². The zero-order valence-electron chi connectivity index (χ0n) is 18.5. The number of nitrogens with two attached hydrogens (primary N) is 1. The van der Waals surface area contributed by atoms with Crippen LogP contribution in [0.15, 0.2) is 45.9 Å². The number of nitrogen functional groups attached to an aromatic ring is 1. The van der Waals surface area contributed by atoms with Crippen molar-refractivity contribution in [2.45, 2.75) is 51.0 Å². The number of nitrogens with one attached hydrogen (secondary N) is 1. The lowest BCUT2D eigenvalue weighted by Crippen LogP contribution is -2.38. The van der Waals surface area contributed by atoms with Crippen LogP contribution in [-0.4, -0.2) is 35.8 Å². The summed E-state index contributed by atoms with van der Waals surface area (Å²) in [5.41, 5.74) is 8.63. The number of anilines is 1. The maximum atomic E-state index is 12.7. The molecule has 0 atom stereocenters. The molecule has 0 aliphatic heterocycles. The summed E-state index contributed by atoms with van der Waals surface area (Å²) < 4.78 is 33.3. The van der Waals surface area contributed by atoms with Gasteiger partial charge in [-0.15, -0.1) is 12.4 Å². The van der Waals surface area contributed by atoms with Crippen LogP contribution in [-0.2, 0) is 16.4 Å². The molecule has 4 N–H and O–H groups in total. The van der Waals surface area contributed by atoms with Crippen LogP contribution in [0.25, 0.3) is 22.5 Å². The van der Waals surface area contributed by atoms with Crippen LogP contribution >= 0.6 is 12.4 Å². The third-order valence-electron chi connectivity index (χ3n) is 4.77. The quantitative estimate of drug-likeness (QED) is 0.447. The minimum atomic E-state index is -3.80. The van der Waals surface area contributed by atoms with Crippen molar-refractivity contribution >= 4 is 28.2 Å². The molecule has 0 amide bonds. The van der Waals surface area contributed by atoms with E-state index in [-0.39, 0.29) is 23.8 Å². The molecule has 8 nitrogen and oxygen atoms in total. The van der Waals surface area contributed by atoms with Crippen molar-refractivity contribution < 1.29 is 18.0 Å². The fourth-order valence-corrected chi connectivity index (χ4v) is 4.30. The largest absolute Gasteiger partial charge is 0.389 e. The predicted molar refractivity (Wildman–Crippen MR) is 127 cm³/mol. The molecule has 2 aromatic heterocycles. The molecule has 0 aliphatic carbocycles. The number of aryl methyl sites for hydroxylation is 2. The molecule has 0 saturated heterocycles. The van der Waals surface area contributed by atoms with Crippen LogP contribution in [0.3, 0.4) is 0 Å². The Morgan fingerprint density at radius 2 is 1.91 bits per heavy atom. The lowest BCUT2D eigenvalue weighted by atomic mass is 10.00. The number of aliphatic hydroxyl groups is 1. The summed E-state index contributed by atoms with van der Waals surface area (Å²) in [6.07, 6.45) is 3.35. The molecule has 0 aliphatic rings. The maximum absolute atomic E-state index is 12.7. The van der Waals surface area contributed by atoms with E-state index in [0.29, 0.717) is 28.3 Å². The zero-order chi connectivity index (χ0) is 22.8. The maximum Gasteiger partial charge on any atom is 0.240 e. The molecule has 174 valence electrons. The summed E-state index contributed by atoms with van der Waals surface area (Å²) in [7, 11) is -3.80. The van der Waals surface area contributed by atoms with Crippen LogP contribution in [0.1, 0.15) is 38.4 Å². The molecule has 32 heavy (non-hydrogen) atoms. The van der Waals surface area contributed by atoms with E-state index in [0.717, 1.165) is 24.1 Å². The van der Waals surface area contributed by atoms with Crippen molar-refractivity contribution in [2.75, 3.05) is 12.3 Å². The van der Waals surface area contributed by atoms with Crippen molar-refractivity contribution in [1.82, 2.24) is 14.9 Å². The fourth-order valence-electron chi connectivity index (χ4n) is 3.07. The standard InChI is InChI=1S/C22H28N4O4S.ClH/c1-5-6-16-10-20(30-26-16)19-9-15(12-24-21(19)23)18-11-17(8-7-14(18)2)31(28,29)25-13-22(3,4)27;/h7-12,25,27H,5-6,13H2,1-4H3,(H2,23,24);1H. The van der Waals surface area contributed by atoms with E-state index in [9.17, 15) is 13.5 Å². The van der Waals surface area contributed by atoms with Crippen LogP contribution in [0.2, 0.25) is 0 Å². The summed E-state index contributed by atoms with van der Waals surface area (Å²) in [4.78, 5) is 4.38. The number of halogens is 1. The minimum Gasteiger partial charge on any atom is -0.389 e. The number of hydrogen-bond acceptors (Lipinski definition) is 7. The molecule has 10 heteroatoms. The van der Waals surface area contributed by atoms with Gasteiger partial charge in [0.05, 0.1) is 21.8 Å². The first-order valence-corrected chi connectivity index (χ1v) is 11.5. The number of hydrogen-bond donors (Lipinski definition) is 3. The molecule has 0 bridgehead atoms. The Kier molecular flexibility index (Phi) is 8.06. The topological polar surface area (TPSA) is 131 Å². The zero-order valence-corrected chi connectivity index (χ0v) is 20.2. The highest BCUT2D eigenvalue weighted by Gasteiger charge is 2.21. The Hall–Kier alpha value is -2.46. The molecular formula is C22H29ClN4O4S. The number of aromatic nitrogens is 2. The normalized spacial score (nSPS) is 11.9. The van der Waals surface area contributed by atoms with Gasteiger partial charge in [-0.2, -0.15) is 0 Å². The van der Waals surface area contributed by atoms with Crippen LogP contribution in [0, 0.1) is 6.92 Å². The molecule has 3 rings (SSSR count). The Labute approximate surface area is 194 Å². The summed E-state index contributed by atoms with van der Waals surface area (Å²) in [5.74, 6) is 0.819. The van der Waals surface area contributed by atoms with Gasteiger partial charge >= 0.3 is 0 Å². The third kappa shape index (κ3) is 6.07. The Balaban J connectivity index is 0.00000363. The second kappa shape index (κ2) is 9.99. The van der Waals surface area contributed by atoms with Gasteiger partial charge in [0.25, 0.3) is 0 Å². The number of benzene rings is 1. The van der Waals surface area contributed by atoms with Crippen molar-refractivity contribution in [3.63, 3.8) is 0 Å². The lowest BCUT2D eigenvalue weighted by molar-refractivity contribution is 0.0857. The Morgan fingerprint density at radius 3 is 2.56 bits per heavy atom. The summed E-state index contributed by atoms with van der Waals surface area (Å²) in [6.45, 7) is 6.92. The molecule has 0 saturated carbocycles. The van der Waals surface area contributed by atoms with Crippen LogP contribution < -0.4 is 10.5 Å². The van der Waals surface area contributed by atoms with Gasteiger partial charge in [0, 0.05) is 24.4 Å². The lowest BCUT2D eigenvalue weighted by Gasteiger charge is -2.18. The van der Waals surface area contributed by atoms with E-state index in [2.05, 4.69) is 21.8 Å². The first-order chi connectivity index (χ1) is 14.5. The van der Waals surface area contributed by atoms with E-state index >= 15 is 0 Å². The van der Waals surface area contributed by atoms with E-state index in [4.69, 9.17) is 10.3 Å². The van der Waals surface area contributed by atoms with E-state index < -0.39 is 15.6 Å². The van der Waals surface area contributed by atoms with E-state index in [1.54, 1.807) is 18.3 Å². The van der Waals surface area contributed by atoms with Gasteiger partial charge in [0.1, 0.15) is 5.82 Å². The molecule has 1 aromatic carbocycles. The SMILES string of the molecule is CCCc1cc(-c2cc(-c3cc(S(=O)(=O)NCC(C)(C)O)ccc3C)cnc2N)on1.Cl. The number of sulfonamides is 1. The smallest absolute Gasteiger partial charge is 0.240 e. The van der Waals surface area contributed by atoms with E-state index in [1.165, 1.54) is 19.9 Å². The van der Waals surface area contributed by atoms with Crippen molar-refractivity contribution in [3.8, 4) is 22.5 Å². The van der Waals surface area contributed by atoms with Crippen LogP contribution in [0.4, 0.5) is 5.82 Å². The van der Waals surface area contributed by atoms with Crippen molar-refractivity contribution in [2.24, 2.45) is 0 Å². The Morgan fingerprint density at radius 1 is 1.19 bits per heavy atom. The van der Waals surface area contributed by atoms with E-state index in [1.807, 2.05) is 19.1 Å². The molecule has 0 spiro atoms. The average molecular weight is 481 g/mol. The summed E-state index contributed by atoms with van der Waals surface area (Å²) in [6, 6.07) is 8.51. The molecular weight excluding hydrogens is 452 g/mol. The summed E-state index contributed by atoms with van der Waals surface area (Å²) in [5, 5.41) is 13.9. The highest BCUT2D eigenvalue weighted by molar-refractivity contribution is 7.89. The second-order valence-corrected chi connectivity index (χ2v) is 9.97. The molecule has 3 aromatic rings. The van der Waals surface area contributed by atoms with Crippen molar-refractivity contribution in [1.29, 1.82) is 0 Å². The first kappa shape index (κ1) is 25.8. The van der Waals surface area contributed by atoms with Gasteiger partial charge in [-0.25, -0.2) is 18.1 Å². The average Bonchev–Trinajstić information content (AvgIpc) is 3.15. The number of pyridine rings is 1. The molecule has 2 heterocycles. The van der Waals surface area contributed by atoms with Gasteiger partial charge in [-0.05, 0) is 56.5 Å². The Bertz CT molecular complexity index is 1190. The second-order valence-electron chi connectivity index (χ2n) is 8.20. The van der Waals surface area contributed by atoms with Gasteiger partial charge in [-0.1, -0.05) is 24.6 Å². The first-order valence-electron chi connectivity index (χ1n) is 10.0. The van der Waals surface area contributed by atoms with Gasteiger partial charge in [-0.3, -0.25) is 0 Å². The fraction of sp³-hybridized carbons (Fsp3) is 0.364. The molecule has 0 unspecified atom stereocenters. The summed E-state index contributed by atoms with van der Waals surface area (Å²) >= 11 is 0. The number of rotatable bonds is 8. The minimum absolute atomic E-state index is 0. The van der Waals surface area contributed by atoms with Crippen molar-refractivity contribution in [3.05, 3.63) is 47.8 Å². The monoisotopic (exact) mass is 480 g/mol. The van der Waals surface area contributed by atoms with Crippen LogP contribution in [0.5, 0.6) is 0 Å². The molecule has 0 fully saturated rings. The number of nitrogens with zero attached hydrogens (tertiary/aromatic N) is 2. The molecule has 0 radical (unpaired) electrons. The third-order valence-corrected chi connectivity index (χ3v) is 6.17. The van der Waals surface area contributed by atoms with Gasteiger partial charge in [0.2, 0.25) is 10.0 Å². The predicted octanol–water partition coefficient (Wildman–Crippen LogP) is 3.72. The highest BCUT2D eigenvalue weighted by atomic mass is 35.5. The van der Waals surface area contributed by atoms with Gasteiger partial charge < -0.3 is 15.4 Å². The highest BCUT2D eigenvalue weighted by Crippen LogP contribution is 2.32.